The van der Waals surface area contributed by atoms with E-state index in [0.29, 0.717) is 17.1 Å². The van der Waals surface area contributed by atoms with Crippen molar-refractivity contribution in [3.63, 3.8) is 0 Å². The average molecular weight is 302 g/mol. The van der Waals surface area contributed by atoms with Crippen LogP contribution in [0.3, 0.4) is 0 Å². The first kappa shape index (κ1) is 15.2. The van der Waals surface area contributed by atoms with Gasteiger partial charge < -0.3 is 11.1 Å². The van der Waals surface area contributed by atoms with Crippen LogP contribution in [0.5, 0.6) is 0 Å². The lowest BCUT2D eigenvalue weighted by molar-refractivity contribution is 0.0950. The number of thiocarbonyl (C=S) groups is 1. The molecule has 3 N–H and O–H groups in total. The number of nitrogens with two attached hydrogens (primary N) is 1. The van der Waals surface area contributed by atoms with Crippen LogP contribution in [0.15, 0.2) is 30.5 Å². The average Bonchev–Trinajstić information content (AvgIpc) is 2.86. The maximum atomic E-state index is 12.2. The van der Waals surface area contributed by atoms with Gasteiger partial charge in [-0.3, -0.25) is 9.48 Å². The van der Waals surface area contributed by atoms with Gasteiger partial charge in [0.2, 0.25) is 0 Å². The molecule has 1 heterocycles. The van der Waals surface area contributed by atoms with Crippen molar-refractivity contribution in [2.45, 2.75) is 19.9 Å². The molecule has 21 heavy (non-hydrogen) atoms. The highest BCUT2D eigenvalue weighted by atomic mass is 32.1. The Bertz CT molecular complexity index is 678. The zero-order valence-electron chi connectivity index (χ0n) is 12.1. The molecule has 5 nitrogen and oxygen atoms in total. The van der Waals surface area contributed by atoms with Crippen LogP contribution in [0.1, 0.15) is 34.1 Å². The molecule has 0 aliphatic carbocycles. The first-order chi connectivity index (χ1) is 10.0. The predicted octanol–water partition coefficient (Wildman–Crippen LogP) is 1.55. The number of nitrogens with zero attached hydrogens (tertiary/aromatic N) is 2. The maximum absolute atomic E-state index is 12.2. The molecule has 0 atom stereocenters. The van der Waals surface area contributed by atoms with Crippen molar-refractivity contribution in [3.8, 4) is 0 Å². The van der Waals surface area contributed by atoms with E-state index < -0.39 is 0 Å². The molecule has 1 aromatic heterocycles. The Labute approximate surface area is 129 Å². The van der Waals surface area contributed by atoms with Gasteiger partial charge in [0, 0.05) is 25.4 Å². The zero-order chi connectivity index (χ0) is 15.4. The molecule has 0 fully saturated rings. The summed E-state index contributed by atoms with van der Waals surface area (Å²) >= 11 is 4.95. The van der Waals surface area contributed by atoms with Crippen LogP contribution in [0, 0.1) is 0 Å². The highest BCUT2D eigenvalue weighted by molar-refractivity contribution is 7.80. The number of carbonyl (C=O) groups excluding carboxylic acids is 1. The second-order valence-electron chi connectivity index (χ2n) is 4.76. The maximum Gasteiger partial charge on any atom is 0.255 e. The zero-order valence-corrected chi connectivity index (χ0v) is 12.9. The van der Waals surface area contributed by atoms with E-state index in [1.807, 2.05) is 38.2 Å². The van der Waals surface area contributed by atoms with Crippen molar-refractivity contribution in [2.75, 3.05) is 0 Å². The topological polar surface area (TPSA) is 72.9 Å². The number of aromatic nitrogens is 2. The molecule has 110 valence electrons. The molecule has 1 amide bonds. The van der Waals surface area contributed by atoms with Gasteiger partial charge in [-0.2, -0.15) is 5.10 Å². The molecule has 0 spiro atoms. The number of amides is 1. The number of nitrogens with one attached hydrogen (secondary N) is 1. The van der Waals surface area contributed by atoms with Gasteiger partial charge in [-0.1, -0.05) is 37.3 Å². The van der Waals surface area contributed by atoms with Crippen LogP contribution in [-0.2, 0) is 20.0 Å². The number of carbonyl (C=O) groups is 1. The van der Waals surface area contributed by atoms with Gasteiger partial charge in [0.1, 0.15) is 4.99 Å². The van der Waals surface area contributed by atoms with Crippen LogP contribution in [0.4, 0.5) is 0 Å². The van der Waals surface area contributed by atoms with Crippen LogP contribution < -0.4 is 11.1 Å². The van der Waals surface area contributed by atoms with Gasteiger partial charge in [0.05, 0.1) is 11.3 Å². The van der Waals surface area contributed by atoms with Crippen LogP contribution in [0.25, 0.3) is 0 Å². The van der Waals surface area contributed by atoms with Gasteiger partial charge in [-0.05, 0) is 18.1 Å². The fourth-order valence-corrected chi connectivity index (χ4v) is 2.22. The van der Waals surface area contributed by atoms with E-state index in [2.05, 4.69) is 10.4 Å². The van der Waals surface area contributed by atoms with Gasteiger partial charge in [-0.15, -0.1) is 0 Å². The lowest BCUT2D eigenvalue weighted by Gasteiger charge is -2.06. The van der Waals surface area contributed by atoms with E-state index in [-0.39, 0.29) is 5.91 Å². The number of hydrogen-bond donors (Lipinski definition) is 2. The fraction of sp³-hybridized carbons (Fsp3) is 0.267. The molecule has 6 heteroatoms. The highest BCUT2D eigenvalue weighted by Gasteiger charge is 2.13. The van der Waals surface area contributed by atoms with Crippen molar-refractivity contribution >= 4 is 23.1 Å². The molecule has 0 aliphatic heterocycles. The summed E-state index contributed by atoms with van der Waals surface area (Å²) in [5.74, 6) is -0.124. The molecule has 0 saturated carbocycles. The number of benzene rings is 1. The van der Waals surface area contributed by atoms with E-state index in [0.717, 1.165) is 23.2 Å². The fourth-order valence-electron chi connectivity index (χ4n) is 2.10. The molecular weight excluding hydrogens is 284 g/mol. The molecule has 2 rings (SSSR count). The molecule has 2 aromatic rings. The molecule has 0 unspecified atom stereocenters. The predicted molar refractivity (Wildman–Crippen MR) is 86.1 cm³/mol. The first-order valence-corrected chi connectivity index (χ1v) is 7.11. The van der Waals surface area contributed by atoms with Crippen LogP contribution in [0.2, 0.25) is 0 Å². The minimum Gasteiger partial charge on any atom is -0.389 e. The second kappa shape index (κ2) is 6.49. The van der Waals surface area contributed by atoms with Crippen molar-refractivity contribution in [1.82, 2.24) is 15.1 Å². The summed E-state index contributed by atoms with van der Waals surface area (Å²) in [6.07, 6.45) is 2.46. The molecule has 0 saturated heterocycles. The third kappa shape index (κ3) is 3.66. The minimum atomic E-state index is -0.124. The normalized spacial score (nSPS) is 10.4. The minimum absolute atomic E-state index is 0.124. The molecular formula is C15H18N4OS. The largest absolute Gasteiger partial charge is 0.389 e. The van der Waals surface area contributed by atoms with Gasteiger partial charge in [0.25, 0.3) is 5.91 Å². The monoisotopic (exact) mass is 302 g/mol. The third-order valence-electron chi connectivity index (χ3n) is 3.15. The quantitative estimate of drug-likeness (QED) is 0.822. The number of hydrogen-bond acceptors (Lipinski definition) is 3. The number of rotatable bonds is 5. The van der Waals surface area contributed by atoms with Crippen LogP contribution >= 0.6 is 12.2 Å². The van der Waals surface area contributed by atoms with E-state index in [4.69, 9.17) is 18.0 Å². The van der Waals surface area contributed by atoms with E-state index in [1.165, 1.54) is 0 Å². The molecule has 1 aromatic carbocycles. The summed E-state index contributed by atoms with van der Waals surface area (Å²) in [5.41, 5.74) is 8.77. The van der Waals surface area contributed by atoms with Crippen molar-refractivity contribution in [1.29, 1.82) is 0 Å². The Morgan fingerprint density at radius 3 is 2.90 bits per heavy atom. The van der Waals surface area contributed by atoms with Crippen molar-refractivity contribution < 1.29 is 4.79 Å². The second-order valence-corrected chi connectivity index (χ2v) is 5.20. The Balaban J connectivity index is 2.07. The lowest BCUT2D eigenvalue weighted by atomic mass is 10.1. The Morgan fingerprint density at radius 2 is 2.24 bits per heavy atom. The van der Waals surface area contributed by atoms with E-state index in [9.17, 15) is 4.79 Å². The van der Waals surface area contributed by atoms with Crippen molar-refractivity contribution in [3.05, 3.63) is 52.8 Å². The Morgan fingerprint density at radius 1 is 1.48 bits per heavy atom. The van der Waals surface area contributed by atoms with Crippen LogP contribution in [-0.4, -0.2) is 20.7 Å². The first-order valence-electron chi connectivity index (χ1n) is 6.70. The van der Waals surface area contributed by atoms with Gasteiger partial charge >= 0.3 is 0 Å². The number of aryl methyl sites for hydroxylation is 2. The smallest absolute Gasteiger partial charge is 0.255 e. The summed E-state index contributed by atoms with van der Waals surface area (Å²) < 4.78 is 1.65. The van der Waals surface area contributed by atoms with Gasteiger partial charge in [-0.25, -0.2) is 0 Å². The highest BCUT2D eigenvalue weighted by Crippen LogP contribution is 2.09. The molecule has 0 bridgehead atoms. The lowest BCUT2D eigenvalue weighted by Crippen LogP contribution is -2.23. The Hall–Kier alpha value is -2.21. The summed E-state index contributed by atoms with van der Waals surface area (Å²) in [6, 6.07) is 7.53. The van der Waals surface area contributed by atoms with E-state index in [1.54, 1.807) is 10.9 Å². The summed E-state index contributed by atoms with van der Waals surface area (Å²) in [7, 11) is 1.81. The van der Waals surface area contributed by atoms with Crippen molar-refractivity contribution in [2.24, 2.45) is 12.8 Å². The summed E-state index contributed by atoms with van der Waals surface area (Å²) in [6.45, 7) is 2.40. The summed E-state index contributed by atoms with van der Waals surface area (Å²) in [4.78, 5) is 12.6. The van der Waals surface area contributed by atoms with Gasteiger partial charge in [0.15, 0.2) is 0 Å². The summed E-state index contributed by atoms with van der Waals surface area (Å²) in [5, 5.41) is 7.16. The standard InChI is InChI=1S/C15H18N4OS/c1-3-13-12(9-19(2)18-13)15(20)17-8-10-5-4-6-11(7-10)14(16)21/h4-7,9H,3,8H2,1-2H3,(H2,16,21)(H,17,20). The third-order valence-corrected chi connectivity index (χ3v) is 3.39. The Kier molecular flexibility index (Phi) is 4.70. The SMILES string of the molecule is CCc1nn(C)cc1C(=O)NCc1cccc(C(N)=S)c1. The van der Waals surface area contributed by atoms with E-state index >= 15 is 0 Å². The molecule has 0 aliphatic rings. The molecule has 0 radical (unpaired) electrons.